The Hall–Kier alpha value is -0.890. The first-order chi connectivity index (χ1) is 4.70. The molecule has 0 N–H and O–H groups in total. The number of halogens is 1. The Bertz CT molecular complexity index is 243. The Morgan fingerprint density at radius 2 is 1.82 bits per heavy atom. The average Bonchev–Trinajstić information content (AvgIpc) is 1.88. The summed E-state index contributed by atoms with van der Waals surface area (Å²) in [5, 5.41) is 0. The molecule has 0 amide bonds. The van der Waals surface area contributed by atoms with E-state index < -0.39 is 0 Å². The normalized spacial score (nSPS) is 8.55. The molecule has 0 aromatic carbocycles. The first-order valence-corrected chi connectivity index (χ1v) is 3.16. The van der Waals surface area contributed by atoms with Crippen molar-refractivity contribution in [3.63, 3.8) is 0 Å². The van der Waals surface area contributed by atoms with E-state index in [2.05, 4.69) is 0 Å². The Morgan fingerprint density at radius 3 is 2.18 bits per heavy atom. The van der Waals surface area contributed by atoms with Crippen LogP contribution in [0.25, 0.3) is 0 Å². The zero-order chi connectivity index (χ0) is 7.56. The van der Waals surface area contributed by atoms with E-state index >= 15 is 0 Å². The predicted molar refractivity (Wildman–Crippen MR) is 37.6 cm³/mol. The van der Waals surface area contributed by atoms with Gasteiger partial charge in [-0.1, -0.05) is 0 Å². The number of carbonyl (C=O) groups excluding carboxylic acids is 1. The molecule has 11 heavy (non-hydrogen) atoms. The smallest absolute Gasteiger partial charge is 0.169 e. The van der Waals surface area contributed by atoms with Gasteiger partial charge in [0.05, 0.1) is 0 Å². The second kappa shape index (κ2) is 4.09. The highest BCUT2D eigenvalue weighted by Crippen LogP contribution is 1.94. The van der Waals surface area contributed by atoms with E-state index in [-0.39, 0.29) is 18.2 Å². The molecule has 3 heteroatoms. The van der Waals surface area contributed by atoms with Crippen molar-refractivity contribution in [3.05, 3.63) is 30.1 Å². The second-order valence-electron chi connectivity index (χ2n) is 2.31. The highest BCUT2D eigenvalue weighted by molar-refractivity contribution is 5.93. The van der Waals surface area contributed by atoms with E-state index in [1.165, 1.54) is 0 Å². The molecule has 0 saturated heterocycles. The first kappa shape index (κ1) is 10.1. The van der Waals surface area contributed by atoms with Gasteiger partial charge in [-0.15, -0.1) is 0 Å². The number of pyridine rings is 1. The van der Waals surface area contributed by atoms with Crippen molar-refractivity contribution in [1.29, 1.82) is 0 Å². The van der Waals surface area contributed by atoms with Crippen molar-refractivity contribution in [2.45, 2.75) is 6.92 Å². The lowest BCUT2D eigenvalue weighted by Gasteiger charge is -1.90. The highest BCUT2D eigenvalue weighted by Gasteiger charge is 1.98. The van der Waals surface area contributed by atoms with Crippen LogP contribution in [-0.4, -0.2) is 5.78 Å². The lowest BCUT2D eigenvalue weighted by molar-refractivity contribution is -0.671. The summed E-state index contributed by atoms with van der Waals surface area (Å²) in [6.45, 7) is 1.56. The molecule has 60 valence electrons. The van der Waals surface area contributed by atoms with Gasteiger partial charge in [0.25, 0.3) is 0 Å². The average molecular weight is 172 g/mol. The Morgan fingerprint density at radius 1 is 1.36 bits per heavy atom. The topological polar surface area (TPSA) is 20.9 Å². The maximum Gasteiger partial charge on any atom is 0.169 e. The number of hydrogen-bond acceptors (Lipinski definition) is 1. The lowest BCUT2D eigenvalue weighted by atomic mass is 10.2. The van der Waals surface area contributed by atoms with E-state index in [4.69, 9.17) is 0 Å². The van der Waals surface area contributed by atoms with E-state index in [0.29, 0.717) is 0 Å². The monoisotopic (exact) mass is 171 g/mol. The third-order valence-corrected chi connectivity index (χ3v) is 1.38. The van der Waals surface area contributed by atoms with Gasteiger partial charge in [-0.05, 0) is 6.92 Å². The largest absolute Gasteiger partial charge is 1.00 e. The number of Topliss-reactive ketones (excluding diaryl/α,β-unsaturated/α-hetero) is 1. The molecule has 1 aromatic rings. The van der Waals surface area contributed by atoms with E-state index in [9.17, 15) is 4.79 Å². The zero-order valence-electron chi connectivity index (χ0n) is 6.54. The van der Waals surface area contributed by atoms with Crippen LogP contribution >= 0.6 is 0 Å². The number of ketones is 1. The lowest BCUT2D eigenvalue weighted by Crippen LogP contribution is -3.00. The zero-order valence-corrected chi connectivity index (χ0v) is 7.30. The minimum absolute atomic E-state index is 0. The number of aryl methyl sites for hydroxylation is 1. The van der Waals surface area contributed by atoms with Gasteiger partial charge in [0.2, 0.25) is 0 Å². The summed E-state index contributed by atoms with van der Waals surface area (Å²) in [5.74, 6) is 0.112. The molecule has 0 aliphatic heterocycles. The van der Waals surface area contributed by atoms with Crippen LogP contribution in [0.4, 0.5) is 0 Å². The molecular formula is C8H10ClNO. The fraction of sp³-hybridized carbons (Fsp3) is 0.250. The molecule has 1 aromatic heterocycles. The van der Waals surface area contributed by atoms with Crippen LogP contribution in [0.2, 0.25) is 0 Å². The van der Waals surface area contributed by atoms with Gasteiger partial charge >= 0.3 is 0 Å². The van der Waals surface area contributed by atoms with Gasteiger partial charge in [0.1, 0.15) is 7.05 Å². The van der Waals surface area contributed by atoms with Crippen molar-refractivity contribution >= 4 is 5.78 Å². The molecule has 0 spiro atoms. The molecule has 0 saturated carbocycles. The molecule has 0 unspecified atom stereocenters. The van der Waals surface area contributed by atoms with Crippen LogP contribution in [0.15, 0.2) is 24.5 Å². The standard InChI is InChI=1S/C8H10NO.ClH/c1-7(10)8-3-5-9(2)6-4-8;/h3-6H,1-2H3;1H/q+1;/p-1. The molecular weight excluding hydrogens is 162 g/mol. The molecule has 0 aliphatic rings. The maximum absolute atomic E-state index is 10.7. The van der Waals surface area contributed by atoms with Crippen molar-refractivity contribution in [2.24, 2.45) is 7.05 Å². The van der Waals surface area contributed by atoms with Crippen molar-refractivity contribution in [2.75, 3.05) is 0 Å². The summed E-state index contributed by atoms with van der Waals surface area (Å²) in [7, 11) is 1.92. The molecule has 0 fully saturated rings. The van der Waals surface area contributed by atoms with Gasteiger partial charge in [-0.3, -0.25) is 4.79 Å². The third kappa shape index (κ3) is 2.68. The SMILES string of the molecule is CC(=O)c1cc[n+](C)cc1.[Cl-]. The number of carbonyl (C=O) groups is 1. The maximum atomic E-state index is 10.7. The van der Waals surface area contributed by atoms with E-state index in [0.717, 1.165) is 5.56 Å². The van der Waals surface area contributed by atoms with Crippen molar-refractivity contribution < 1.29 is 21.8 Å². The molecule has 0 bridgehead atoms. The van der Waals surface area contributed by atoms with Crippen LogP contribution in [0.3, 0.4) is 0 Å². The molecule has 0 radical (unpaired) electrons. The molecule has 1 rings (SSSR count). The number of nitrogens with zero attached hydrogens (tertiary/aromatic N) is 1. The minimum atomic E-state index is 0. The van der Waals surface area contributed by atoms with Gasteiger partial charge in [0, 0.05) is 17.7 Å². The fourth-order valence-corrected chi connectivity index (χ4v) is 0.736. The van der Waals surface area contributed by atoms with Crippen molar-refractivity contribution in [1.82, 2.24) is 0 Å². The van der Waals surface area contributed by atoms with Crippen LogP contribution in [0, 0.1) is 0 Å². The molecule has 0 aliphatic carbocycles. The minimum Gasteiger partial charge on any atom is -1.00 e. The number of aromatic nitrogens is 1. The van der Waals surface area contributed by atoms with Gasteiger partial charge in [0.15, 0.2) is 18.2 Å². The third-order valence-electron chi connectivity index (χ3n) is 1.38. The fourth-order valence-electron chi connectivity index (χ4n) is 0.736. The highest BCUT2D eigenvalue weighted by atomic mass is 35.5. The molecule has 2 nitrogen and oxygen atoms in total. The quantitative estimate of drug-likeness (QED) is 0.345. The predicted octanol–water partition coefficient (Wildman–Crippen LogP) is -2.28. The second-order valence-corrected chi connectivity index (χ2v) is 2.31. The van der Waals surface area contributed by atoms with E-state index in [1.807, 2.05) is 36.1 Å². The summed E-state index contributed by atoms with van der Waals surface area (Å²) < 4.78 is 1.90. The summed E-state index contributed by atoms with van der Waals surface area (Å²) in [6, 6.07) is 3.62. The first-order valence-electron chi connectivity index (χ1n) is 3.16. The summed E-state index contributed by atoms with van der Waals surface area (Å²) in [6.07, 6.45) is 3.72. The van der Waals surface area contributed by atoms with Crippen LogP contribution in [-0.2, 0) is 7.05 Å². The molecule has 0 atom stereocenters. The van der Waals surface area contributed by atoms with Gasteiger partial charge < -0.3 is 12.4 Å². The van der Waals surface area contributed by atoms with Crippen LogP contribution in [0.5, 0.6) is 0 Å². The summed E-state index contributed by atoms with van der Waals surface area (Å²) >= 11 is 0. The van der Waals surface area contributed by atoms with Crippen molar-refractivity contribution in [3.8, 4) is 0 Å². The Kier molecular flexibility index (Phi) is 3.76. The van der Waals surface area contributed by atoms with Crippen LogP contribution in [0.1, 0.15) is 17.3 Å². The number of hydrogen-bond donors (Lipinski definition) is 0. The Labute approximate surface area is 72.3 Å². The van der Waals surface area contributed by atoms with E-state index in [1.54, 1.807) is 6.92 Å². The molecule has 1 heterocycles. The van der Waals surface area contributed by atoms with Crippen LogP contribution < -0.4 is 17.0 Å². The van der Waals surface area contributed by atoms with Gasteiger partial charge in [-0.25, -0.2) is 4.57 Å². The Balaban J connectivity index is 0.000001000. The van der Waals surface area contributed by atoms with Gasteiger partial charge in [-0.2, -0.15) is 0 Å². The summed E-state index contributed by atoms with van der Waals surface area (Å²) in [4.78, 5) is 10.7. The summed E-state index contributed by atoms with van der Waals surface area (Å²) in [5.41, 5.74) is 0.762. The number of rotatable bonds is 1.